The van der Waals surface area contributed by atoms with Crippen LogP contribution in [0, 0.1) is 0 Å². The molecule has 0 radical (unpaired) electrons. The first kappa shape index (κ1) is 17.8. The highest BCUT2D eigenvalue weighted by Gasteiger charge is 2.13. The van der Waals surface area contributed by atoms with Crippen molar-refractivity contribution in [3.05, 3.63) is 18.2 Å². The second-order valence-corrected chi connectivity index (χ2v) is 5.35. The summed E-state index contributed by atoms with van der Waals surface area (Å²) in [6, 6.07) is 5.20. The lowest BCUT2D eigenvalue weighted by molar-refractivity contribution is 0.100. The molecule has 0 aliphatic carbocycles. The molecular formula is C13H24ClN3O2. The number of anilines is 2. The third-order valence-electron chi connectivity index (χ3n) is 2.40. The van der Waals surface area contributed by atoms with Gasteiger partial charge < -0.3 is 26.6 Å². The Morgan fingerprint density at radius 3 is 2.53 bits per heavy atom. The molecule has 0 spiro atoms. The second-order valence-electron chi connectivity index (χ2n) is 5.35. The topological polar surface area (TPSA) is 93.5 Å². The fraction of sp³-hybridized carbons (Fsp3) is 0.538. The molecule has 0 bridgehead atoms. The molecule has 0 saturated carbocycles. The quantitative estimate of drug-likeness (QED) is 0.615. The SMILES string of the molecule is CC(C)(C)NCC(O)COc1cccc(N)c1N.Cl. The third kappa shape index (κ3) is 6.52. The number of aliphatic hydroxyl groups excluding tert-OH is 1. The van der Waals surface area contributed by atoms with Crippen LogP contribution in [0.4, 0.5) is 11.4 Å². The van der Waals surface area contributed by atoms with E-state index in [1.54, 1.807) is 18.2 Å². The van der Waals surface area contributed by atoms with Gasteiger partial charge in [0.05, 0.1) is 11.4 Å². The molecule has 6 N–H and O–H groups in total. The molecule has 0 aliphatic heterocycles. The highest BCUT2D eigenvalue weighted by atomic mass is 35.5. The molecule has 1 atom stereocenters. The van der Waals surface area contributed by atoms with Gasteiger partial charge in [0, 0.05) is 12.1 Å². The summed E-state index contributed by atoms with van der Waals surface area (Å²) < 4.78 is 5.45. The predicted molar refractivity (Wildman–Crippen MR) is 81.8 cm³/mol. The minimum Gasteiger partial charge on any atom is -0.489 e. The van der Waals surface area contributed by atoms with Gasteiger partial charge in [-0.15, -0.1) is 12.4 Å². The van der Waals surface area contributed by atoms with Gasteiger partial charge in [-0.1, -0.05) is 6.07 Å². The van der Waals surface area contributed by atoms with Gasteiger partial charge in [-0.3, -0.25) is 0 Å². The van der Waals surface area contributed by atoms with E-state index in [9.17, 15) is 5.11 Å². The first-order valence-electron chi connectivity index (χ1n) is 5.99. The molecule has 1 unspecified atom stereocenters. The summed E-state index contributed by atoms with van der Waals surface area (Å²) in [6.07, 6.45) is -0.593. The summed E-state index contributed by atoms with van der Waals surface area (Å²) in [6.45, 7) is 6.76. The van der Waals surface area contributed by atoms with E-state index in [1.807, 2.05) is 20.8 Å². The molecule has 0 heterocycles. The van der Waals surface area contributed by atoms with Crippen molar-refractivity contribution in [3.8, 4) is 5.75 Å². The number of aliphatic hydroxyl groups is 1. The first-order chi connectivity index (χ1) is 8.29. The molecule has 0 amide bonds. The van der Waals surface area contributed by atoms with Crippen LogP contribution >= 0.6 is 12.4 Å². The molecule has 5 nitrogen and oxygen atoms in total. The zero-order chi connectivity index (χ0) is 13.8. The minimum absolute atomic E-state index is 0. The lowest BCUT2D eigenvalue weighted by Crippen LogP contribution is -2.42. The fourth-order valence-electron chi connectivity index (χ4n) is 1.36. The van der Waals surface area contributed by atoms with Crippen LogP contribution < -0.4 is 21.5 Å². The summed E-state index contributed by atoms with van der Waals surface area (Å²) in [7, 11) is 0. The van der Waals surface area contributed by atoms with Crippen LogP contribution in [0.2, 0.25) is 0 Å². The van der Waals surface area contributed by atoms with E-state index in [2.05, 4.69) is 5.32 Å². The number of β-amino-alcohol motifs (C(OH)–C–C–N with tert-alkyl or cyclic N) is 1. The highest BCUT2D eigenvalue weighted by Crippen LogP contribution is 2.26. The van der Waals surface area contributed by atoms with Crippen molar-refractivity contribution >= 4 is 23.8 Å². The van der Waals surface area contributed by atoms with E-state index < -0.39 is 6.10 Å². The number of halogens is 1. The smallest absolute Gasteiger partial charge is 0.144 e. The summed E-state index contributed by atoms with van der Waals surface area (Å²) in [5.74, 6) is 0.504. The van der Waals surface area contributed by atoms with Crippen molar-refractivity contribution in [2.75, 3.05) is 24.6 Å². The number of rotatable bonds is 5. The van der Waals surface area contributed by atoms with Gasteiger partial charge in [0.2, 0.25) is 0 Å². The zero-order valence-electron chi connectivity index (χ0n) is 11.6. The molecule has 6 heteroatoms. The van der Waals surface area contributed by atoms with Crippen molar-refractivity contribution in [3.63, 3.8) is 0 Å². The molecule has 19 heavy (non-hydrogen) atoms. The first-order valence-corrected chi connectivity index (χ1v) is 5.99. The standard InChI is InChI=1S/C13H23N3O2.ClH/c1-13(2,3)16-7-9(17)8-18-11-6-4-5-10(14)12(11)15;/h4-6,9,16-17H,7-8,14-15H2,1-3H3;1H. The maximum absolute atomic E-state index is 9.77. The molecule has 0 saturated heterocycles. The van der Waals surface area contributed by atoms with Crippen LogP contribution in [0.3, 0.4) is 0 Å². The van der Waals surface area contributed by atoms with Gasteiger partial charge in [-0.25, -0.2) is 0 Å². The molecule has 1 aromatic carbocycles. The van der Waals surface area contributed by atoms with Crippen LogP contribution in [0.1, 0.15) is 20.8 Å². The van der Waals surface area contributed by atoms with E-state index in [0.29, 0.717) is 23.7 Å². The van der Waals surface area contributed by atoms with Crippen LogP contribution in [-0.2, 0) is 0 Å². The summed E-state index contributed by atoms with van der Waals surface area (Å²) in [5.41, 5.74) is 12.3. The maximum Gasteiger partial charge on any atom is 0.144 e. The van der Waals surface area contributed by atoms with E-state index >= 15 is 0 Å². The fourth-order valence-corrected chi connectivity index (χ4v) is 1.36. The Morgan fingerprint density at radius 2 is 1.95 bits per heavy atom. The lowest BCUT2D eigenvalue weighted by atomic mass is 10.1. The van der Waals surface area contributed by atoms with E-state index in [1.165, 1.54) is 0 Å². The maximum atomic E-state index is 9.77. The number of hydrogen-bond acceptors (Lipinski definition) is 5. The molecule has 1 aromatic rings. The Bertz CT molecular complexity index is 394. The van der Waals surface area contributed by atoms with Crippen molar-refractivity contribution < 1.29 is 9.84 Å². The normalized spacial score (nSPS) is 12.6. The number of nitrogens with two attached hydrogens (primary N) is 2. The van der Waals surface area contributed by atoms with Crippen molar-refractivity contribution in [1.29, 1.82) is 0 Å². The van der Waals surface area contributed by atoms with Gasteiger partial charge in [0.15, 0.2) is 0 Å². The van der Waals surface area contributed by atoms with Crippen LogP contribution in [-0.4, -0.2) is 29.9 Å². The zero-order valence-corrected chi connectivity index (χ0v) is 12.5. The van der Waals surface area contributed by atoms with Crippen molar-refractivity contribution in [1.82, 2.24) is 5.32 Å². The largest absolute Gasteiger partial charge is 0.489 e. The van der Waals surface area contributed by atoms with E-state index in [4.69, 9.17) is 16.2 Å². The molecule has 1 rings (SSSR count). The number of hydrogen-bond donors (Lipinski definition) is 4. The molecule has 0 aliphatic rings. The third-order valence-corrected chi connectivity index (χ3v) is 2.40. The highest BCUT2D eigenvalue weighted by molar-refractivity contribution is 5.85. The summed E-state index contributed by atoms with van der Waals surface area (Å²) >= 11 is 0. The van der Waals surface area contributed by atoms with Gasteiger partial charge in [0.1, 0.15) is 18.5 Å². The number of nitrogen functional groups attached to an aromatic ring is 2. The predicted octanol–water partition coefficient (Wildman–Crippen LogP) is 1.40. The monoisotopic (exact) mass is 289 g/mol. The Morgan fingerprint density at radius 1 is 1.32 bits per heavy atom. The Hall–Kier alpha value is -1.17. The number of para-hydroxylation sites is 1. The number of benzene rings is 1. The van der Waals surface area contributed by atoms with E-state index in [-0.39, 0.29) is 24.6 Å². The van der Waals surface area contributed by atoms with Crippen molar-refractivity contribution in [2.45, 2.75) is 32.4 Å². The summed E-state index contributed by atoms with van der Waals surface area (Å²) in [4.78, 5) is 0. The molecule has 0 fully saturated rings. The van der Waals surface area contributed by atoms with Gasteiger partial charge in [-0.05, 0) is 32.9 Å². The average molecular weight is 290 g/mol. The van der Waals surface area contributed by atoms with Gasteiger partial charge >= 0.3 is 0 Å². The van der Waals surface area contributed by atoms with Crippen LogP contribution in [0.5, 0.6) is 5.75 Å². The molecule has 0 aromatic heterocycles. The minimum atomic E-state index is -0.593. The van der Waals surface area contributed by atoms with Crippen molar-refractivity contribution in [2.24, 2.45) is 0 Å². The Balaban J connectivity index is 0.00000324. The van der Waals surface area contributed by atoms with Crippen LogP contribution in [0.25, 0.3) is 0 Å². The summed E-state index contributed by atoms with van der Waals surface area (Å²) in [5, 5.41) is 13.0. The Labute approximate surface area is 120 Å². The van der Waals surface area contributed by atoms with Gasteiger partial charge in [0.25, 0.3) is 0 Å². The number of nitrogens with one attached hydrogen (secondary N) is 1. The molecule has 110 valence electrons. The second kappa shape index (κ2) is 7.43. The number of ether oxygens (including phenoxy) is 1. The molecular weight excluding hydrogens is 266 g/mol. The average Bonchev–Trinajstić information content (AvgIpc) is 2.27. The van der Waals surface area contributed by atoms with Gasteiger partial charge in [-0.2, -0.15) is 0 Å². The van der Waals surface area contributed by atoms with E-state index in [0.717, 1.165) is 0 Å². The Kier molecular flexibility index (Phi) is 6.97. The van der Waals surface area contributed by atoms with Crippen LogP contribution in [0.15, 0.2) is 18.2 Å². The lowest BCUT2D eigenvalue weighted by Gasteiger charge is -2.23.